The van der Waals surface area contributed by atoms with E-state index in [1.807, 2.05) is 0 Å². The van der Waals surface area contributed by atoms with Crippen LogP contribution in [0, 0.1) is 0 Å². The highest BCUT2D eigenvalue weighted by Gasteiger charge is 2.39. The van der Waals surface area contributed by atoms with Crippen LogP contribution in [0.15, 0.2) is 45.5 Å². The first-order valence-electron chi connectivity index (χ1n) is 8.86. The fourth-order valence-corrected chi connectivity index (χ4v) is 6.51. The smallest absolute Gasteiger partial charge is 0.340 e. The van der Waals surface area contributed by atoms with Gasteiger partial charge in [0.1, 0.15) is 4.21 Å². The Balaban J connectivity index is 1.68. The van der Waals surface area contributed by atoms with Crippen molar-refractivity contribution in [1.29, 1.82) is 0 Å². The van der Waals surface area contributed by atoms with Crippen LogP contribution < -0.4 is 5.14 Å². The number of primary sulfonamides is 1. The Bertz CT molecular complexity index is 1180. The first-order valence-corrected chi connectivity index (χ1v) is 12.7. The lowest BCUT2D eigenvalue weighted by molar-refractivity contribution is -0.139. The molecule has 0 radical (unpaired) electrons. The topological polar surface area (TPSA) is 118 Å². The number of rotatable bonds is 5. The van der Waals surface area contributed by atoms with E-state index >= 15 is 0 Å². The lowest BCUT2D eigenvalue weighted by Crippen LogP contribution is -2.51. The van der Waals surface area contributed by atoms with E-state index in [0.717, 1.165) is 27.8 Å². The molecule has 1 aromatic heterocycles. The number of piperazine rings is 1. The number of carbonyl (C=O) groups excluding carboxylic acids is 1. The zero-order chi connectivity index (χ0) is 23.0. The fourth-order valence-electron chi connectivity index (χ4n) is 3.11. The maximum atomic E-state index is 13.2. The zero-order valence-electron chi connectivity index (χ0n) is 15.9. The first kappa shape index (κ1) is 23.7. The van der Waals surface area contributed by atoms with Gasteiger partial charge in [0, 0.05) is 31.1 Å². The average molecular weight is 498 g/mol. The van der Waals surface area contributed by atoms with E-state index in [1.54, 1.807) is 0 Å². The molecule has 0 unspecified atom stereocenters. The average Bonchev–Trinajstić information content (AvgIpc) is 3.16. The number of nitrogens with zero attached hydrogens (tertiary/aromatic N) is 2. The van der Waals surface area contributed by atoms with Crippen molar-refractivity contribution < 1.29 is 34.8 Å². The Morgan fingerprint density at radius 1 is 1.00 bits per heavy atom. The van der Waals surface area contributed by atoms with Crippen molar-refractivity contribution in [2.45, 2.75) is 21.7 Å². The van der Waals surface area contributed by atoms with Gasteiger partial charge in [0.2, 0.25) is 26.0 Å². The molecule has 0 saturated carbocycles. The van der Waals surface area contributed by atoms with Crippen molar-refractivity contribution in [2.75, 3.05) is 26.2 Å². The largest absolute Gasteiger partial charge is 0.417 e. The maximum Gasteiger partial charge on any atom is 0.417 e. The highest BCUT2D eigenvalue weighted by molar-refractivity contribution is 7.91. The van der Waals surface area contributed by atoms with Crippen LogP contribution in [0.5, 0.6) is 0 Å². The number of halogens is 3. The van der Waals surface area contributed by atoms with Crippen molar-refractivity contribution in [2.24, 2.45) is 5.14 Å². The molecular weight excluding hydrogens is 479 g/mol. The van der Waals surface area contributed by atoms with E-state index in [0.29, 0.717) is 10.9 Å². The fraction of sp³-hybridized carbons (Fsp3) is 0.353. The molecule has 0 bridgehead atoms. The minimum absolute atomic E-state index is 0.000329. The van der Waals surface area contributed by atoms with Gasteiger partial charge in [-0.1, -0.05) is 12.1 Å². The third-order valence-corrected chi connectivity index (χ3v) is 9.13. The number of alkyl halides is 3. The lowest BCUT2D eigenvalue weighted by atomic mass is 10.2. The first-order chi connectivity index (χ1) is 14.3. The van der Waals surface area contributed by atoms with Gasteiger partial charge in [-0.3, -0.25) is 4.79 Å². The number of hydrogen-bond donors (Lipinski definition) is 1. The molecule has 170 valence electrons. The Labute approximate surface area is 181 Å². The van der Waals surface area contributed by atoms with E-state index in [-0.39, 0.29) is 42.7 Å². The van der Waals surface area contributed by atoms with Crippen molar-refractivity contribution >= 4 is 37.3 Å². The van der Waals surface area contributed by atoms with Crippen LogP contribution in [-0.2, 0) is 37.4 Å². The van der Waals surface area contributed by atoms with E-state index in [1.165, 1.54) is 23.1 Å². The molecule has 2 heterocycles. The summed E-state index contributed by atoms with van der Waals surface area (Å²) in [5.74, 6) is -0.351. The molecular formula is C17H18F3N3O5S3. The van der Waals surface area contributed by atoms with Crippen LogP contribution in [0.2, 0.25) is 0 Å². The predicted molar refractivity (Wildman–Crippen MR) is 106 cm³/mol. The highest BCUT2D eigenvalue weighted by Crippen LogP contribution is 2.35. The maximum absolute atomic E-state index is 13.2. The molecule has 2 aromatic rings. The quantitative estimate of drug-likeness (QED) is 0.672. The molecule has 14 heteroatoms. The van der Waals surface area contributed by atoms with Crippen LogP contribution in [0.25, 0.3) is 0 Å². The van der Waals surface area contributed by atoms with Gasteiger partial charge in [-0.25, -0.2) is 22.0 Å². The Kier molecular flexibility index (Phi) is 6.49. The summed E-state index contributed by atoms with van der Waals surface area (Å²) in [5, 5.41) is 5.04. The minimum Gasteiger partial charge on any atom is -0.340 e. The third kappa shape index (κ3) is 5.26. The molecule has 1 amide bonds. The third-order valence-electron chi connectivity index (χ3n) is 4.64. The van der Waals surface area contributed by atoms with Crippen LogP contribution in [0.3, 0.4) is 0 Å². The molecule has 31 heavy (non-hydrogen) atoms. The Hall–Kier alpha value is -2.00. The molecule has 8 nitrogen and oxygen atoms in total. The lowest BCUT2D eigenvalue weighted by Gasteiger charge is -2.34. The summed E-state index contributed by atoms with van der Waals surface area (Å²) in [4.78, 5) is 13.5. The number of hydrogen-bond acceptors (Lipinski definition) is 6. The number of nitrogens with two attached hydrogens (primary N) is 1. The number of thiophene rings is 1. The predicted octanol–water partition coefficient (Wildman–Crippen LogP) is 1.49. The molecule has 3 rings (SSSR count). The van der Waals surface area contributed by atoms with Gasteiger partial charge in [-0.15, -0.1) is 11.3 Å². The molecule has 1 aromatic carbocycles. The van der Waals surface area contributed by atoms with E-state index in [4.69, 9.17) is 5.14 Å². The van der Waals surface area contributed by atoms with Gasteiger partial charge in [0.15, 0.2) is 0 Å². The minimum atomic E-state index is -4.82. The van der Waals surface area contributed by atoms with E-state index < -0.39 is 36.7 Å². The van der Waals surface area contributed by atoms with Crippen molar-refractivity contribution in [1.82, 2.24) is 9.21 Å². The number of carbonyl (C=O) groups is 1. The Morgan fingerprint density at radius 3 is 2.16 bits per heavy atom. The zero-order valence-corrected chi connectivity index (χ0v) is 18.3. The summed E-state index contributed by atoms with van der Waals surface area (Å²) in [5.41, 5.74) is -1.24. The normalized spacial score (nSPS) is 16.5. The van der Waals surface area contributed by atoms with Gasteiger partial charge in [0.25, 0.3) is 0 Å². The second-order valence-electron chi connectivity index (χ2n) is 6.72. The second kappa shape index (κ2) is 8.50. The molecule has 0 aliphatic carbocycles. The van der Waals surface area contributed by atoms with Crippen molar-refractivity contribution in [3.63, 3.8) is 0 Å². The molecule has 1 fully saturated rings. The summed E-state index contributed by atoms with van der Waals surface area (Å²) < 4.78 is 88.7. The van der Waals surface area contributed by atoms with Gasteiger partial charge in [0.05, 0.1) is 16.9 Å². The second-order valence-corrected chi connectivity index (χ2v) is 11.6. The number of sulfonamides is 2. The summed E-state index contributed by atoms with van der Waals surface area (Å²) in [6.07, 6.45) is -4.91. The summed E-state index contributed by atoms with van der Waals surface area (Å²) in [7, 11) is -8.27. The summed E-state index contributed by atoms with van der Waals surface area (Å²) in [6.45, 7) is -0.320. The molecule has 2 N–H and O–H groups in total. The van der Waals surface area contributed by atoms with Crippen molar-refractivity contribution in [3.8, 4) is 0 Å². The summed E-state index contributed by atoms with van der Waals surface area (Å²) in [6, 6.07) is 6.73. The van der Waals surface area contributed by atoms with Gasteiger partial charge >= 0.3 is 6.18 Å². The van der Waals surface area contributed by atoms with E-state index in [9.17, 15) is 34.8 Å². The SMILES string of the molecule is NS(=O)(=O)c1ccc(CC(=O)N2CCN(S(=O)(=O)c3ccccc3C(F)(F)F)CC2)s1. The van der Waals surface area contributed by atoms with Crippen LogP contribution >= 0.6 is 11.3 Å². The molecule has 0 spiro atoms. The van der Waals surface area contributed by atoms with Crippen molar-refractivity contribution in [3.05, 3.63) is 46.8 Å². The monoisotopic (exact) mass is 497 g/mol. The summed E-state index contributed by atoms with van der Waals surface area (Å²) >= 11 is 0.865. The molecule has 0 atom stereocenters. The van der Waals surface area contributed by atoms with Gasteiger partial charge in [-0.05, 0) is 24.3 Å². The molecule has 1 aliphatic heterocycles. The van der Waals surface area contributed by atoms with Gasteiger partial charge < -0.3 is 4.90 Å². The highest BCUT2D eigenvalue weighted by atomic mass is 32.2. The van der Waals surface area contributed by atoms with Crippen LogP contribution in [0.4, 0.5) is 13.2 Å². The van der Waals surface area contributed by atoms with E-state index in [2.05, 4.69) is 0 Å². The Morgan fingerprint density at radius 2 is 1.61 bits per heavy atom. The van der Waals surface area contributed by atoms with Crippen LogP contribution in [0.1, 0.15) is 10.4 Å². The van der Waals surface area contributed by atoms with Crippen LogP contribution in [-0.4, -0.2) is 58.1 Å². The molecule has 1 aliphatic rings. The number of amides is 1. The number of benzene rings is 1. The molecule has 1 saturated heterocycles. The standard InChI is InChI=1S/C17H18F3N3O5S3/c18-17(19,20)13-3-1-2-4-14(13)31(27,28)23-9-7-22(8-10-23)15(24)11-12-5-6-16(29-12)30(21,25)26/h1-6H,7-11H2,(H2,21,25,26). The van der Waals surface area contributed by atoms with Gasteiger partial charge in [-0.2, -0.15) is 17.5 Å².